The number of nitrogens with zero attached hydrogens (tertiary/aromatic N) is 3. The molecule has 0 saturated heterocycles. The minimum atomic E-state index is -4.82. The van der Waals surface area contributed by atoms with Gasteiger partial charge in [-0.3, -0.25) is 0 Å². The first kappa shape index (κ1) is 14.5. The number of nitrogen functional groups attached to an aromatic ring is 2. The molecular weight excluding hydrogens is 290 g/mol. The lowest BCUT2D eigenvalue weighted by atomic mass is 10.0. The van der Waals surface area contributed by atoms with Gasteiger partial charge in [-0.05, 0) is 12.1 Å². The maximum atomic E-state index is 13.6. The summed E-state index contributed by atoms with van der Waals surface area (Å²) >= 11 is 0. The van der Waals surface area contributed by atoms with E-state index in [4.69, 9.17) is 16.7 Å². The highest BCUT2D eigenvalue weighted by Crippen LogP contribution is 2.34. The lowest BCUT2D eigenvalue weighted by molar-refractivity contribution is -0.139. The molecule has 0 radical (unpaired) electrons. The summed E-state index contributed by atoms with van der Waals surface area (Å²) in [7, 11) is 0. The molecule has 4 N–H and O–H groups in total. The van der Waals surface area contributed by atoms with Crippen molar-refractivity contribution in [3.8, 4) is 17.3 Å². The number of alkyl halides is 3. The van der Waals surface area contributed by atoms with Crippen LogP contribution in [0.3, 0.4) is 0 Å². The topological polar surface area (TPSA) is 102 Å². The van der Waals surface area contributed by atoms with Crippen LogP contribution in [-0.2, 0) is 6.18 Å². The monoisotopic (exact) mass is 297 g/mol. The summed E-state index contributed by atoms with van der Waals surface area (Å²) in [6.45, 7) is 0. The summed E-state index contributed by atoms with van der Waals surface area (Å²) in [4.78, 5) is 7.28. The van der Waals surface area contributed by atoms with Crippen LogP contribution in [0.4, 0.5) is 29.3 Å². The molecule has 9 heteroatoms. The second-order valence-corrected chi connectivity index (χ2v) is 3.99. The zero-order valence-corrected chi connectivity index (χ0v) is 10.2. The second kappa shape index (κ2) is 4.90. The molecule has 0 spiro atoms. The molecule has 2 rings (SSSR count). The van der Waals surface area contributed by atoms with Crippen molar-refractivity contribution in [3.63, 3.8) is 0 Å². The number of rotatable bonds is 1. The molecule has 0 aliphatic carbocycles. The fourth-order valence-electron chi connectivity index (χ4n) is 1.71. The third kappa shape index (κ3) is 2.69. The standard InChI is InChI=1S/C12H7F4N5/c13-8-3-5(1-2-7(8)12(14,15)16)9-6(4-17)10(18)21-11(19)20-9/h1-3H,(H4,18,19,20,21). The van der Waals surface area contributed by atoms with E-state index in [9.17, 15) is 17.6 Å². The molecular formula is C12H7F4N5. The van der Waals surface area contributed by atoms with Gasteiger partial charge in [0.25, 0.3) is 0 Å². The zero-order valence-electron chi connectivity index (χ0n) is 10.2. The van der Waals surface area contributed by atoms with Gasteiger partial charge in [0.15, 0.2) is 0 Å². The first-order valence-corrected chi connectivity index (χ1v) is 5.44. The first-order chi connectivity index (χ1) is 9.74. The van der Waals surface area contributed by atoms with Gasteiger partial charge in [0, 0.05) is 5.56 Å². The number of hydrogen-bond donors (Lipinski definition) is 2. The fraction of sp³-hybridized carbons (Fsp3) is 0.0833. The van der Waals surface area contributed by atoms with E-state index in [0.717, 1.165) is 6.07 Å². The number of benzene rings is 1. The normalized spacial score (nSPS) is 11.2. The quantitative estimate of drug-likeness (QED) is 0.787. The summed E-state index contributed by atoms with van der Waals surface area (Å²) in [6.07, 6.45) is -4.82. The molecule has 0 aliphatic heterocycles. The van der Waals surface area contributed by atoms with Crippen LogP contribution in [0.25, 0.3) is 11.3 Å². The number of halogens is 4. The van der Waals surface area contributed by atoms with E-state index in [-0.39, 0.29) is 28.6 Å². The Morgan fingerprint density at radius 2 is 1.81 bits per heavy atom. The minimum absolute atomic E-state index is 0.0575. The van der Waals surface area contributed by atoms with Gasteiger partial charge in [0.05, 0.1) is 11.3 Å². The fourth-order valence-corrected chi connectivity index (χ4v) is 1.71. The van der Waals surface area contributed by atoms with Gasteiger partial charge >= 0.3 is 6.18 Å². The van der Waals surface area contributed by atoms with Gasteiger partial charge in [-0.1, -0.05) is 6.07 Å². The molecule has 108 valence electrons. The van der Waals surface area contributed by atoms with Crippen LogP contribution in [0.5, 0.6) is 0 Å². The van der Waals surface area contributed by atoms with Crippen LogP contribution in [0, 0.1) is 17.1 Å². The highest BCUT2D eigenvalue weighted by molar-refractivity contribution is 5.73. The summed E-state index contributed by atoms with van der Waals surface area (Å²) in [6, 6.07) is 3.86. The molecule has 1 aromatic heterocycles. The lowest BCUT2D eigenvalue weighted by Crippen LogP contribution is -2.09. The number of nitrogens with two attached hydrogens (primary N) is 2. The van der Waals surface area contributed by atoms with Crippen molar-refractivity contribution in [1.29, 1.82) is 5.26 Å². The van der Waals surface area contributed by atoms with E-state index in [0.29, 0.717) is 12.1 Å². The molecule has 0 fully saturated rings. The van der Waals surface area contributed by atoms with E-state index < -0.39 is 17.6 Å². The largest absolute Gasteiger partial charge is 0.419 e. The highest BCUT2D eigenvalue weighted by Gasteiger charge is 2.34. The zero-order chi connectivity index (χ0) is 15.8. The van der Waals surface area contributed by atoms with Crippen LogP contribution in [-0.4, -0.2) is 9.97 Å². The van der Waals surface area contributed by atoms with E-state index >= 15 is 0 Å². The number of anilines is 2. The number of aromatic nitrogens is 2. The van der Waals surface area contributed by atoms with Gasteiger partial charge in [-0.2, -0.15) is 23.4 Å². The molecule has 0 bridgehead atoms. The summed E-state index contributed by atoms with van der Waals surface area (Å²) in [5, 5.41) is 8.98. The van der Waals surface area contributed by atoms with Gasteiger partial charge < -0.3 is 11.5 Å². The molecule has 21 heavy (non-hydrogen) atoms. The molecule has 0 saturated carbocycles. The van der Waals surface area contributed by atoms with Crippen LogP contribution in [0.1, 0.15) is 11.1 Å². The third-order valence-corrected chi connectivity index (χ3v) is 2.61. The molecule has 1 heterocycles. The third-order valence-electron chi connectivity index (χ3n) is 2.61. The van der Waals surface area contributed by atoms with Crippen molar-refractivity contribution in [3.05, 3.63) is 35.1 Å². The Labute approximate surface area is 115 Å². The molecule has 0 unspecified atom stereocenters. The van der Waals surface area contributed by atoms with Gasteiger partial charge in [0.1, 0.15) is 23.3 Å². The Morgan fingerprint density at radius 1 is 1.14 bits per heavy atom. The average molecular weight is 297 g/mol. The van der Waals surface area contributed by atoms with Crippen LogP contribution < -0.4 is 11.5 Å². The van der Waals surface area contributed by atoms with Crippen molar-refractivity contribution < 1.29 is 17.6 Å². The Bertz CT molecular complexity index is 749. The molecule has 5 nitrogen and oxygen atoms in total. The predicted octanol–water partition coefficient (Wildman–Crippen LogP) is 2.34. The Kier molecular flexibility index (Phi) is 3.39. The highest BCUT2D eigenvalue weighted by atomic mass is 19.4. The Hall–Kier alpha value is -2.89. The summed E-state index contributed by atoms with van der Waals surface area (Å²) in [5.74, 6) is -2.00. The summed E-state index contributed by atoms with van der Waals surface area (Å²) < 4.78 is 51.1. The molecule has 2 aromatic rings. The second-order valence-electron chi connectivity index (χ2n) is 3.99. The van der Waals surface area contributed by atoms with Crippen LogP contribution >= 0.6 is 0 Å². The smallest absolute Gasteiger partial charge is 0.382 e. The van der Waals surface area contributed by atoms with Gasteiger partial charge in [0.2, 0.25) is 5.95 Å². The van der Waals surface area contributed by atoms with Gasteiger partial charge in [-0.15, -0.1) is 0 Å². The van der Waals surface area contributed by atoms with Crippen molar-refractivity contribution in [2.45, 2.75) is 6.18 Å². The molecule has 0 aliphatic rings. The molecule has 0 amide bonds. The van der Waals surface area contributed by atoms with E-state index in [1.54, 1.807) is 6.07 Å². The van der Waals surface area contributed by atoms with Gasteiger partial charge in [-0.25, -0.2) is 9.37 Å². The molecule has 0 atom stereocenters. The SMILES string of the molecule is N#Cc1c(N)nc(N)nc1-c1ccc(C(F)(F)F)c(F)c1. The number of nitriles is 1. The van der Waals surface area contributed by atoms with Crippen molar-refractivity contribution in [1.82, 2.24) is 9.97 Å². The van der Waals surface area contributed by atoms with Crippen molar-refractivity contribution in [2.24, 2.45) is 0 Å². The van der Waals surface area contributed by atoms with E-state index in [1.807, 2.05) is 0 Å². The van der Waals surface area contributed by atoms with E-state index in [1.165, 1.54) is 0 Å². The summed E-state index contributed by atoms with van der Waals surface area (Å²) in [5.41, 5.74) is 9.06. The van der Waals surface area contributed by atoms with E-state index in [2.05, 4.69) is 9.97 Å². The maximum absolute atomic E-state index is 13.6. The lowest BCUT2D eigenvalue weighted by Gasteiger charge is -2.10. The Morgan fingerprint density at radius 3 is 2.33 bits per heavy atom. The average Bonchev–Trinajstić information content (AvgIpc) is 2.36. The first-order valence-electron chi connectivity index (χ1n) is 5.44. The minimum Gasteiger partial charge on any atom is -0.382 e. The van der Waals surface area contributed by atoms with Crippen molar-refractivity contribution in [2.75, 3.05) is 11.5 Å². The van der Waals surface area contributed by atoms with Crippen LogP contribution in [0.15, 0.2) is 18.2 Å². The van der Waals surface area contributed by atoms with Crippen molar-refractivity contribution >= 4 is 11.8 Å². The number of hydrogen-bond acceptors (Lipinski definition) is 5. The Balaban J connectivity index is 2.65. The molecule has 1 aromatic carbocycles. The van der Waals surface area contributed by atoms with Crippen LogP contribution in [0.2, 0.25) is 0 Å². The predicted molar refractivity (Wildman–Crippen MR) is 66.0 cm³/mol. The maximum Gasteiger partial charge on any atom is 0.419 e.